The summed E-state index contributed by atoms with van der Waals surface area (Å²) in [5.74, 6) is -0.599. The van der Waals surface area contributed by atoms with Crippen LogP contribution in [0, 0.1) is 0 Å². The van der Waals surface area contributed by atoms with Crippen LogP contribution in [0.3, 0.4) is 0 Å². The molecule has 0 saturated carbocycles. The molecule has 0 heterocycles. The molecule has 110 valence electrons. The van der Waals surface area contributed by atoms with Gasteiger partial charge in [0.15, 0.2) is 11.5 Å². The number of ether oxygens (including phenoxy) is 2. The van der Waals surface area contributed by atoms with Crippen LogP contribution in [-0.4, -0.2) is 18.2 Å². The van der Waals surface area contributed by atoms with Crippen LogP contribution in [-0.2, 0) is 6.61 Å². The fourth-order valence-electron chi connectivity index (χ4n) is 1.80. The van der Waals surface area contributed by atoms with Crippen LogP contribution in [0.4, 0.5) is 0 Å². The molecule has 0 aromatic heterocycles. The molecule has 6 heteroatoms. The molecule has 0 radical (unpaired) electrons. The Morgan fingerprint density at radius 3 is 2.67 bits per heavy atom. The predicted molar refractivity (Wildman–Crippen MR) is 80.7 cm³/mol. The van der Waals surface area contributed by atoms with Gasteiger partial charge in [-0.25, -0.2) is 4.79 Å². The first-order valence-corrected chi connectivity index (χ1v) is 6.75. The summed E-state index contributed by atoms with van der Waals surface area (Å²) in [6, 6.07) is 9.64. The molecule has 2 aromatic carbocycles. The van der Waals surface area contributed by atoms with E-state index in [0.717, 1.165) is 0 Å². The number of carboxylic acids is 1. The van der Waals surface area contributed by atoms with Gasteiger partial charge in [0.05, 0.1) is 7.11 Å². The molecular formula is C15H12Cl2O4. The first-order chi connectivity index (χ1) is 10.0. The fourth-order valence-corrected chi connectivity index (χ4v) is 2.16. The Morgan fingerprint density at radius 2 is 2.00 bits per heavy atom. The summed E-state index contributed by atoms with van der Waals surface area (Å²) in [5.41, 5.74) is 0.680. The molecule has 4 nitrogen and oxygen atoms in total. The highest BCUT2D eigenvalue weighted by atomic mass is 35.5. The molecule has 1 N–H and O–H groups in total. The summed E-state index contributed by atoms with van der Waals surface area (Å²) in [4.78, 5) is 11.2. The molecule has 0 aliphatic heterocycles. The Hall–Kier alpha value is -1.91. The zero-order valence-corrected chi connectivity index (χ0v) is 12.6. The Bertz CT molecular complexity index is 671. The minimum absolute atomic E-state index is 0.0208. The van der Waals surface area contributed by atoms with Crippen LogP contribution >= 0.6 is 23.2 Å². The zero-order chi connectivity index (χ0) is 15.4. The van der Waals surface area contributed by atoms with E-state index in [0.29, 0.717) is 21.4 Å². The molecular weight excluding hydrogens is 315 g/mol. The van der Waals surface area contributed by atoms with Gasteiger partial charge in [0.1, 0.15) is 12.2 Å². The lowest BCUT2D eigenvalue weighted by Gasteiger charge is -2.13. The lowest BCUT2D eigenvalue weighted by atomic mass is 10.2. The van der Waals surface area contributed by atoms with Crippen LogP contribution in [0.25, 0.3) is 0 Å². The SMILES string of the molecule is COc1cccc(C(=O)O)c1OCc1cc(Cl)ccc1Cl. The summed E-state index contributed by atoms with van der Waals surface area (Å²) < 4.78 is 10.7. The smallest absolute Gasteiger partial charge is 0.339 e. The number of para-hydroxylation sites is 1. The van der Waals surface area contributed by atoms with Gasteiger partial charge in [-0.05, 0) is 30.3 Å². The molecule has 0 aliphatic carbocycles. The maximum Gasteiger partial charge on any atom is 0.339 e. The molecule has 0 unspecified atom stereocenters. The van der Waals surface area contributed by atoms with Gasteiger partial charge in [0.25, 0.3) is 0 Å². The predicted octanol–water partition coefficient (Wildman–Crippen LogP) is 4.28. The van der Waals surface area contributed by atoms with E-state index in [4.69, 9.17) is 32.7 Å². The van der Waals surface area contributed by atoms with Crippen molar-refractivity contribution in [1.82, 2.24) is 0 Å². The number of benzene rings is 2. The van der Waals surface area contributed by atoms with Crippen LogP contribution in [0.15, 0.2) is 36.4 Å². The molecule has 0 fully saturated rings. The first kappa shape index (κ1) is 15.5. The molecule has 0 atom stereocenters. The van der Waals surface area contributed by atoms with Gasteiger partial charge < -0.3 is 14.6 Å². The highest BCUT2D eigenvalue weighted by molar-refractivity contribution is 6.33. The summed E-state index contributed by atoms with van der Waals surface area (Å²) >= 11 is 12.0. The topological polar surface area (TPSA) is 55.8 Å². The van der Waals surface area contributed by atoms with Crippen molar-refractivity contribution in [2.75, 3.05) is 7.11 Å². The quantitative estimate of drug-likeness (QED) is 0.890. The summed E-state index contributed by atoms with van der Waals surface area (Å²) in [6.07, 6.45) is 0. The molecule has 2 rings (SSSR count). The maximum absolute atomic E-state index is 11.2. The molecule has 2 aromatic rings. The van der Waals surface area contributed by atoms with E-state index in [1.165, 1.54) is 13.2 Å². The van der Waals surface area contributed by atoms with Crippen molar-refractivity contribution < 1.29 is 19.4 Å². The van der Waals surface area contributed by atoms with Crippen molar-refractivity contribution in [3.8, 4) is 11.5 Å². The number of methoxy groups -OCH3 is 1. The number of halogens is 2. The average Bonchev–Trinajstić information content (AvgIpc) is 2.47. The van der Waals surface area contributed by atoms with Gasteiger partial charge in [0, 0.05) is 15.6 Å². The van der Waals surface area contributed by atoms with Crippen molar-refractivity contribution in [2.45, 2.75) is 6.61 Å². The first-order valence-electron chi connectivity index (χ1n) is 6.00. The second kappa shape index (κ2) is 6.70. The maximum atomic E-state index is 11.2. The summed E-state index contributed by atoms with van der Waals surface area (Å²) in [7, 11) is 1.44. The molecule has 0 spiro atoms. The van der Waals surface area contributed by atoms with E-state index in [1.807, 2.05) is 0 Å². The van der Waals surface area contributed by atoms with Gasteiger partial charge in [-0.2, -0.15) is 0 Å². The van der Waals surface area contributed by atoms with Crippen LogP contribution in [0.2, 0.25) is 10.0 Å². The van der Waals surface area contributed by atoms with Gasteiger partial charge in [-0.15, -0.1) is 0 Å². The third-order valence-corrected chi connectivity index (χ3v) is 3.41. The Labute approximate surface area is 131 Å². The van der Waals surface area contributed by atoms with E-state index in [-0.39, 0.29) is 17.9 Å². The number of rotatable bonds is 5. The van der Waals surface area contributed by atoms with Crippen LogP contribution in [0.5, 0.6) is 11.5 Å². The number of carboxylic acid groups (broad SMARTS) is 1. The monoisotopic (exact) mass is 326 g/mol. The van der Waals surface area contributed by atoms with Crippen molar-refractivity contribution in [2.24, 2.45) is 0 Å². The number of hydrogen-bond acceptors (Lipinski definition) is 3. The van der Waals surface area contributed by atoms with Gasteiger partial charge >= 0.3 is 5.97 Å². The summed E-state index contributed by atoms with van der Waals surface area (Å²) in [6.45, 7) is 0.0834. The lowest BCUT2D eigenvalue weighted by molar-refractivity contribution is 0.0691. The Morgan fingerprint density at radius 1 is 1.24 bits per heavy atom. The van der Waals surface area contributed by atoms with Crippen molar-refractivity contribution >= 4 is 29.2 Å². The number of hydrogen-bond donors (Lipinski definition) is 1. The van der Waals surface area contributed by atoms with Crippen LogP contribution in [0.1, 0.15) is 15.9 Å². The Kier molecular flexibility index (Phi) is 4.94. The third kappa shape index (κ3) is 3.60. The normalized spacial score (nSPS) is 10.2. The second-order valence-electron chi connectivity index (χ2n) is 4.17. The van der Waals surface area contributed by atoms with E-state index >= 15 is 0 Å². The third-order valence-electron chi connectivity index (χ3n) is 2.81. The molecule has 0 aliphatic rings. The van der Waals surface area contributed by atoms with E-state index < -0.39 is 5.97 Å². The standard InChI is InChI=1S/C15H12Cl2O4/c1-20-13-4-2-3-11(15(18)19)14(13)21-8-9-7-10(16)5-6-12(9)17/h2-7H,8H2,1H3,(H,18,19). The van der Waals surface area contributed by atoms with Crippen molar-refractivity contribution in [1.29, 1.82) is 0 Å². The molecule has 0 saturated heterocycles. The van der Waals surface area contributed by atoms with Gasteiger partial charge in [-0.3, -0.25) is 0 Å². The highest BCUT2D eigenvalue weighted by Gasteiger charge is 2.16. The fraction of sp³-hybridized carbons (Fsp3) is 0.133. The lowest BCUT2D eigenvalue weighted by Crippen LogP contribution is -2.05. The van der Waals surface area contributed by atoms with E-state index in [2.05, 4.69) is 0 Å². The minimum Gasteiger partial charge on any atom is -0.493 e. The number of carbonyl (C=O) groups is 1. The minimum atomic E-state index is -1.10. The molecule has 21 heavy (non-hydrogen) atoms. The molecule has 0 amide bonds. The summed E-state index contributed by atoms with van der Waals surface area (Å²) in [5, 5.41) is 10.2. The van der Waals surface area contributed by atoms with E-state index in [9.17, 15) is 9.90 Å². The Balaban J connectivity index is 2.31. The largest absolute Gasteiger partial charge is 0.493 e. The average molecular weight is 327 g/mol. The second-order valence-corrected chi connectivity index (χ2v) is 5.01. The van der Waals surface area contributed by atoms with E-state index in [1.54, 1.807) is 30.3 Å². The van der Waals surface area contributed by atoms with Gasteiger partial charge in [0.2, 0.25) is 0 Å². The van der Waals surface area contributed by atoms with Crippen molar-refractivity contribution in [3.05, 3.63) is 57.6 Å². The van der Waals surface area contributed by atoms with Gasteiger partial charge in [-0.1, -0.05) is 29.3 Å². The highest BCUT2D eigenvalue weighted by Crippen LogP contribution is 2.32. The van der Waals surface area contributed by atoms with Crippen LogP contribution < -0.4 is 9.47 Å². The number of aromatic carboxylic acids is 1. The van der Waals surface area contributed by atoms with Crippen molar-refractivity contribution in [3.63, 3.8) is 0 Å². The zero-order valence-electron chi connectivity index (χ0n) is 11.1. The molecule has 0 bridgehead atoms.